The predicted octanol–water partition coefficient (Wildman–Crippen LogP) is 3.60. The molecule has 0 aliphatic carbocycles. The summed E-state index contributed by atoms with van der Waals surface area (Å²) in [6.07, 6.45) is 1.20. The van der Waals surface area contributed by atoms with E-state index in [1.165, 1.54) is 17.5 Å². The molecule has 84 valence electrons. The molecule has 0 fully saturated rings. The molecule has 0 saturated heterocycles. The minimum absolute atomic E-state index is 0.608. The van der Waals surface area contributed by atoms with E-state index < -0.39 is 0 Å². The van der Waals surface area contributed by atoms with Crippen LogP contribution >= 0.6 is 15.9 Å². The van der Waals surface area contributed by atoms with Gasteiger partial charge in [0.2, 0.25) is 0 Å². The van der Waals surface area contributed by atoms with Gasteiger partial charge in [-0.1, -0.05) is 47.1 Å². The van der Waals surface area contributed by atoms with Crippen molar-refractivity contribution in [3.8, 4) is 0 Å². The Kier molecular flexibility index (Phi) is 5.34. The number of benzene rings is 1. The summed E-state index contributed by atoms with van der Waals surface area (Å²) in [4.78, 5) is 2.98. The van der Waals surface area contributed by atoms with E-state index in [2.05, 4.69) is 66.0 Å². The quantitative estimate of drug-likeness (QED) is 0.739. The van der Waals surface area contributed by atoms with E-state index in [9.17, 15) is 0 Å². The van der Waals surface area contributed by atoms with Gasteiger partial charge in [-0.25, -0.2) is 0 Å². The molecular weight excluding hydrogens is 250 g/mol. The van der Waals surface area contributed by atoms with Crippen LogP contribution in [0, 0.1) is 6.92 Å². The maximum absolute atomic E-state index is 3.58. The standard InChI is InChI=1S/C13H20BrN/c1-11-6-4-5-7-13(11)10-15(3)9-8-12(2)14/h4-7,12H,8-10H2,1-3H3. The molecule has 1 unspecified atom stereocenters. The van der Waals surface area contributed by atoms with Crippen LogP contribution in [0.15, 0.2) is 24.3 Å². The summed E-state index contributed by atoms with van der Waals surface area (Å²) in [5.41, 5.74) is 2.82. The van der Waals surface area contributed by atoms with Gasteiger partial charge in [0.05, 0.1) is 0 Å². The summed E-state index contributed by atoms with van der Waals surface area (Å²) in [6.45, 7) is 6.56. The maximum Gasteiger partial charge on any atom is 0.0233 e. The van der Waals surface area contributed by atoms with Crippen molar-refractivity contribution >= 4 is 15.9 Å². The average molecular weight is 270 g/mol. The first-order valence-electron chi connectivity index (χ1n) is 5.46. The Bertz CT molecular complexity index is 296. The highest BCUT2D eigenvalue weighted by atomic mass is 79.9. The second-order valence-electron chi connectivity index (χ2n) is 4.23. The van der Waals surface area contributed by atoms with E-state index in [4.69, 9.17) is 0 Å². The minimum Gasteiger partial charge on any atom is -0.302 e. The maximum atomic E-state index is 3.58. The highest BCUT2D eigenvalue weighted by Gasteiger charge is 2.03. The van der Waals surface area contributed by atoms with Gasteiger partial charge in [0.15, 0.2) is 0 Å². The molecule has 0 aliphatic rings. The first-order valence-corrected chi connectivity index (χ1v) is 6.38. The van der Waals surface area contributed by atoms with Gasteiger partial charge in [-0.15, -0.1) is 0 Å². The molecule has 0 aromatic heterocycles. The Morgan fingerprint density at radius 3 is 2.60 bits per heavy atom. The van der Waals surface area contributed by atoms with E-state index >= 15 is 0 Å². The molecule has 0 bridgehead atoms. The summed E-state index contributed by atoms with van der Waals surface area (Å²) in [5, 5.41) is 0. The second-order valence-corrected chi connectivity index (χ2v) is 5.80. The molecule has 0 spiro atoms. The van der Waals surface area contributed by atoms with E-state index in [1.807, 2.05) is 0 Å². The zero-order chi connectivity index (χ0) is 11.3. The SMILES string of the molecule is Cc1ccccc1CN(C)CCC(C)Br. The van der Waals surface area contributed by atoms with Gasteiger partial charge < -0.3 is 4.90 Å². The van der Waals surface area contributed by atoms with Crippen molar-refractivity contribution in [1.29, 1.82) is 0 Å². The molecule has 1 aromatic rings. The number of alkyl halides is 1. The number of halogens is 1. The molecule has 0 heterocycles. The molecule has 0 N–H and O–H groups in total. The largest absolute Gasteiger partial charge is 0.302 e. The third-order valence-electron chi connectivity index (χ3n) is 2.61. The van der Waals surface area contributed by atoms with E-state index in [0.717, 1.165) is 13.1 Å². The third-order valence-corrected chi connectivity index (χ3v) is 3.07. The van der Waals surface area contributed by atoms with Crippen LogP contribution < -0.4 is 0 Å². The molecule has 1 atom stereocenters. The smallest absolute Gasteiger partial charge is 0.0233 e. The van der Waals surface area contributed by atoms with Crippen molar-refractivity contribution in [3.05, 3.63) is 35.4 Å². The zero-order valence-corrected chi connectivity index (χ0v) is 11.4. The molecular formula is C13H20BrN. The third kappa shape index (κ3) is 4.80. The number of hydrogen-bond acceptors (Lipinski definition) is 1. The Morgan fingerprint density at radius 1 is 1.33 bits per heavy atom. The van der Waals surface area contributed by atoms with Crippen LogP contribution in [0.5, 0.6) is 0 Å². The molecule has 0 aliphatic heterocycles. The van der Waals surface area contributed by atoms with Gasteiger partial charge in [0.25, 0.3) is 0 Å². The van der Waals surface area contributed by atoms with Gasteiger partial charge >= 0.3 is 0 Å². The molecule has 1 aromatic carbocycles. The highest BCUT2D eigenvalue weighted by Crippen LogP contribution is 2.11. The predicted molar refractivity (Wildman–Crippen MR) is 70.5 cm³/mol. The molecule has 0 saturated carbocycles. The molecule has 2 heteroatoms. The number of rotatable bonds is 5. The van der Waals surface area contributed by atoms with Gasteiger partial charge in [-0.2, -0.15) is 0 Å². The van der Waals surface area contributed by atoms with Gasteiger partial charge in [0.1, 0.15) is 0 Å². The molecule has 15 heavy (non-hydrogen) atoms. The normalized spacial score (nSPS) is 13.1. The van der Waals surface area contributed by atoms with Crippen molar-refractivity contribution in [2.75, 3.05) is 13.6 Å². The lowest BCUT2D eigenvalue weighted by Gasteiger charge is -2.18. The van der Waals surface area contributed by atoms with Crippen LogP contribution in [0.3, 0.4) is 0 Å². The first kappa shape index (κ1) is 12.7. The average Bonchev–Trinajstić information content (AvgIpc) is 2.18. The number of aryl methyl sites for hydroxylation is 1. The van der Waals surface area contributed by atoms with E-state index in [0.29, 0.717) is 4.83 Å². The summed E-state index contributed by atoms with van der Waals surface area (Å²) in [7, 11) is 2.18. The first-order chi connectivity index (χ1) is 7.09. The zero-order valence-electron chi connectivity index (χ0n) is 9.83. The topological polar surface area (TPSA) is 3.24 Å². The number of nitrogens with zero attached hydrogens (tertiary/aromatic N) is 1. The van der Waals surface area contributed by atoms with Crippen molar-refractivity contribution in [2.45, 2.75) is 31.6 Å². The summed E-state index contributed by atoms with van der Waals surface area (Å²) in [5.74, 6) is 0. The molecule has 0 radical (unpaired) electrons. The van der Waals surface area contributed by atoms with Crippen LogP contribution in [0.4, 0.5) is 0 Å². The Balaban J connectivity index is 2.44. The summed E-state index contributed by atoms with van der Waals surface area (Å²) < 4.78 is 0. The fraction of sp³-hybridized carbons (Fsp3) is 0.538. The molecule has 0 amide bonds. The fourth-order valence-corrected chi connectivity index (χ4v) is 1.76. The molecule has 1 rings (SSSR count). The monoisotopic (exact) mass is 269 g/mol. The minimum atomic E-state index is 0.608. The Morgan fingerprint density at radius 2 is 2.00 bits per heavy atom. The van der Waals surface area contributed by atoms with Crippen LogP contribution in [-0.2, 0) is 6.54 Å². The Labute approximate surface area is 102 Å². The number of hydrogen-bond donors (Lipinski definition) is 0. The summed E-state index contributed by atoms with van der Waals surface area (Å²) >= 11 is 3.58. The lowest BCUT2D eigenvalue weighted by molar-refractivity contribution is 0.322. The highest BCUT2D eigenvalue weighted by molar-refractivity contribution is 9.09. The fourth-order valence-electron chi connectivity index (χ4n) is 1.56. The van der Waals surface area contributed by atoms with E-state index in [-0.39, 0.29) is 0 Å². The van der Waals surface area contributed by atoms with Gasteiger partial charge in [-0.3, -0.25) is 0 Å². The van der Waals surface area contributed by atoms with Crippen molar-refractivity contribution in [2.24, 2.45) is 0 Å². The van der Waals surface area contributed by atoms with Crippen molar-refractivity contribution < 1.29 is 0 Å². The Hall–Kier alpha value is -0.340. The van der Waals surface area contributed by atoms with E-state index in [1.54, 1.807) is 0 Å². The van der Waals surface area contributed by atoms with Crippen LogP contribution in [0.2, 0.25) is 0 Å². The lowest BCUT2D eigenvalue weighted by atomic mass is 10.1. The van der Waals surface area contributed by atoms with Crippen molar-refractivity contribution in [1.82, 2.24) is 4.90 Å². The van der Waals surface area contributed by atoms with Crippen LogP contribution in [0.25, 0.3) is 0 Å². The molecule has 1 nitrogen and oxygen atoms in total. The van der Waals surface area contributed by atoms with Crippen LogP contribution in [-0.4, -0.2) is 23.3 Å². The van der Waals surface area contributed by atoms with Gasteiger partial charge in [0, 0.05) is 11.4 Å². The second kappa shape index (κ2) is 6.29. The summed E-state index contributed by atoms with van der Waals surface area (Å²) in [6, 6.07) is 8.60. The lowest BCUT2D eigenvalue weighted by Crippen LogP contribution is -2.21. The van der Waals surface area contributed by atoms with Gasteiger partial charge in [-0.05, 0) is 38.1 Å². The van der Waals surface area contributed by atoms with Crippen LogP contribution in [0.1, 0.15) is 24.5 Å². The van der Waals surface area contributed by atoms with Crippen molar-refractivity contribution in [3.63, 3.8) is 0 Å².